The number of rotatable bonds is 4. The zero-order chi connectivity index (χ0) is 19.2. The maximum atomic E-state index is 12.3. The molecule has 2 rings (SSSR count). The number of aliphatic imine (C=N–C) groups is 1. The van der Waals surface area contributed by atoms with Gasteiger partial charge in [0, 0.05) is 31.4 Å². The first-order valence-corrected chi connectivity index (χ1v) is 10.7. The van der Waals surface area contributed by atoms with Crippen molar-refractivity contribution < 1.29 is 14.6 Å². The van der Waals surface area contributed by atoms with E-state index in [0.717, 1.165) is 43.9 Å². The van der Waals surface area contributed by atoms with Crippen LogP contribution in [0.15, 0.2) is 4.99 Å². The molecule has 2 aliphatic heterocycles. The lowest BCUT2D eigenvalue weighted by Crippen LogP contribution is -2.53. The average molecular weight is 514 g/mol. The number of ether oxygens (including phenoxy) is 1. The highest BCUT2D eigenvalue weighted by atomic mass is 127. The van der Waals surface area contributed by atoms with E-state index in [2.05, 4.69) is 15.6 Å². The number of guanidine groups is 1. The molecule has 158 valence electrons. The Labute approximate surface area is 184 Å². The van der Waals surface area contributed by atoms with Crippen molar-refractivity contribution in [1.29, 1.82) is 0 Å². The number of thioether (sulfide) groups is 1. The molecule has 0 aliphatic carbocycles. The molecule has 2 atom stereocenters. The molecule has 2 fully saturated rings. The SMILES string of the molecule is CCNC(=NCC1(O)CCSC1)NC1CCCN(C(=O)OC(C)(C)C)C1.I. The number of carbonyl (C=O) groups excluding carboxylic acids is 1. The number of hydrogen-bond acceptors (Lipinski definition) is 5. The molecule has 7 nitrogen and oxygen atoms in total. The van der Waals surface area contributed by atoms with E-state index in [1.807, 2.05) is 27.7 Å². The van der Waals surface area contributed by atoms with Crippen LogP contribution in [0.5, 0.6) is 0 Å². The zero-order valence-electron chi connectivity index (χ0n) is 16.9. The van der Waals surface area contributed by atoms with Crippen molar-refractivity contribution in [3.05, 3.63) is 0 Å². The second-order valence-electron chi connectivity index (χ2n) is 8.13. The van der Waals surface area contributed by atoms with E-state index in [-0.39, 0.29) is 36.1 Å². The Morgan fingerprint density at radius 2 is 2.19 bits per heavy atom. The third-order valence-electron chi connectivity index (χ3n) is 4.37. The number of halogens is 1. The number of amides is 1. The van der Waals surface area contributed by atoms with E-state index < -0.39 is 11.2 Å². The molecule has 9 heteroatoms. The van der Waals surface area contributed by atoms with Gasteiger partial charge in [-0.15, -0.1) is 24.0 Å². The van der Waals surface area contributed by atoms with Crippen LogP contribution in [-0.4, -0.2) is 77.0 Å². The summed E-state index contributed by atoms with van der Waals surface area (Å²) in [5.74, 6) is 2.43. The van der Waals surface area contributed by atoms with Gasteiger partial charge in [0.05, 0.1) is 12.1 Å². The molecule has 3 N–H and O–H groups in total. The second kappa shape index (κ2) is 10.9. The summed E-state index contributed by atoms with van der Waals surface area (Å²) in [6.45, 7) is 10.1. The van der Waals surface area contributed by atoms with Crippen LogP contribution in [0.25, 0.3) is 0 Å². The van der Waals surface area contributed by atoms with Gasteiger partial charge in [0.15, 0.2) is 5.96 Å². The minimum Gasteiger partial charge on any atom is -0.444 e. The normalized spacial score (nSPS) is 26.3. The van der Waals surface area contributed by atoms with Crippen molar-refractivity contribution in [3.63, 3.8) is 0 Å². The summed E-state index contributed by atoms with van der Waals surface area (Å²) in [4.78, 5) is 18.7. The van der Waals surface area contributed by atoms with Gasteiger partial charge >= 0.3 is 6.09 Å². The number of piperidine rings is 1. The summed E-state index contributed by atoms with van der Waals surface area (Å²) in [5.41, 5.74) is -1.18. The molecular weight excluding hydrogens is 479 g/mol. The number of nitrogens with zero attached hydrogens (tertiary/aromatic N) is 2. The standard InChI is InChI=1S/C18H34N4O3S.HI/c1-5-19-15(20-12-18(24)8-10-26-13-18)21-14-7-6-9-22(11-14)16(23)25-17(2,3)4;/h14,24H,5-13H2,1-4H3,(H2,19,20,21);1H. The van der Waals surface area contributed by atoms with E-state index in [4.69, 9.17) is 4.74 Å². The van der Waals surface area contributed by atoms with Crippen molar-refractivity contribution in [1.82, 2.24) is 15.5 Å². The molecule has 27 heavy (non-hydrogen) atoms. The summed E-state index contributed by atoms with van der Waals surface area (Å²) in [5, 5.41) is 17.1. The molecule has 0 bridgehead atoms. The summed E-state index contributed by atoms with van der Waals surface area (Å²) in [7, 11) is 0. The van der Waals surface area contributed by atoms with Crippen molar-refractivity contribution in [2.45, 2.75) is 64.2 Å². The second-order valence-corrected chi connectivity index (χ2v) is 9.24. The number of likely N-dealkylation sites (tertiary alicyclic amines) is 1. The minimum atomic E-state index is -0.692. The Morgan fingerprint density at radius 1 is 1.44 bits per heavy atom. The van der Waals surface area contributed by atoms with E-state index in [1.165, 1.54) is 0 Å². The average Bonchev–Trinajstić information content (AvgIpc) is 2.99. The van der Waals surface area contributed by atoms with Gasteiger partial charge in [-0.3, -0.25) is 4.99 Å². The Balaban J connectivity index is 0.00000364. The highest BCUT2D eigenvalue weighted by Gasteiger charge is 2.32. The Hall–Kier alpha value is -0.420. The first kappa shape index (κ1) is 24.6. The quantitative estimate of drug-likeness (QED) is 0.304. The van der Waals surface area contributed by atoms with Gasteiger partial charge in [0.2, 0.25) is 0 Å². The van der Waals surface area contributed by atoms with Crippen LogP contribution in [0, 0.1) is 0 Å². The van der Waals surface area contributed by atoms with Crippen molar-refractivity contribution in [2.75, 3.05) is 37.7 Å². The molecule has 2 heterocycles. The first-order chi connectivity index (χ1) is 12.2. The summed E-state index contributed by atoms with van der Waals surface area (Å²) >= 11 is 1.77. The van der Waals surface area contributed by atoms with Gasteiger partial charge in [-0.2, -0.15) is 11.8 Å². The molecule has 2 unspecified atom stereocenters. The van der Waals surface area contributed by atoms with Crippen LogP contribution in [0.4, 0.5) is 4.79 Å². The molecule has 0 radical (unpaired) electrons. The maximum absolute atomic E-state index is 12.3. The number of hydrogen-bond donors (Lipinski definition) is 3. The lowest BCUT2D eigenvalue weighted by atomic mass is 10.0. The van der Waals surface area contributed by atoms with Gasteiger partial charge in [0.25, 0.3) is 0 Å². The predicted molar refractivity (Wildman–Crippen MR) is 122 cm³/mol. The lowest BCUT2D eigenvalue weighted by Gasteiger charge is -2.35. The van der Waals surface area contributed by atoms with Gasteiger partial charge in [-0.1, -0.05) is 0 Å². The van der Waals surface area contributed by atoms with Crippen LogP contribution in [0.1, 0.15) is 47.0 Å². The monoisotopic (exact) mass is 514 g/mol. The zero-order valence-corrected chi connectivity index (χ0v) is 20.1. The third-order valence-corrected chi connectivity index (χ3v) is 5.61. The number of aliphatic hydroxyl groups is 1. The number of nitrogens with one attached hydrogen (secondary N) is 2. The molecule has 0 spiro atoms. The highest BCUT2D eigenvalue weighted by Crippen LogP contribution is 2.27. The van der Waals surface area contributed by atoms with Crippen molar-refractivity contribution in [2.24, 2.45) is 4.99 Å². The van der Waals surface area contributed by atoms with Gasteiger partial charge < -0.3 is 25.4 Å². The summed E-state index contributed by atoms with van der Waals surface area (Å²) < 4.78 is 5.48. The lowest BCUT2D eigenvalue weighted by molar-refractivity contribution is 0.0193. The smallest absolute Gasteiger partial charge is 0.410 e. The molecule has 1 amide bonds. The topological polar surface area (TPSA) is 86.2 Å². The van der Waals surface area contributed by atoms with Crippen LogP contribution in [-0.2, 0) is 4.74 Å². The van der Waals surface area contributed by atoms with Crippen molar-refractivity contribution >= 4 is 47.8 Å². The largest absolute Gasteiger partial charge is 0.444 e. The van der Waals surface area contributed by atoms with Gasteiger partial charge in [-0.25, -0.2) is 4.79 Å². The Bertz CT molecular complexity index is 507. The fourth-order valence-corrected chi connectivity index (χ4v) is 4.33. The molecular formula is C18H35IN4O3S. The molecule has 0 aromatic carbocycles. The van der Waals surface area contributed by atoms with Crippen LogP contribution >= 0.6 is 35.7 Å². The molecule has 0 aromatic heterocycles. The molecule has 0 saturated carbocycles. The maximum Gasteiger partial charge on any atom is 0.410 e. The highest BCUT2D eigenvalue weighted by molar-refractivity contribution is 14.0. The molecule has 2 saturated heterocycles. The van der Waals surface area contributed by atoms with Gasteiger partial charge in [0.1, 0.15) is 5.60 Å². The predicted octanol–water partition coefficient (Wildman–Crippen LogP) is 2.43. The first-order valence-electron chi connectivity index (χ1n) is 9.54. The summed E-state index contributed by atoms with van der Waals surface area (Å²) in [6, 6.07) is 0.127. The van der Waals surface area contributed by atoms with E-state index in [9.17, 15) is 9.90 Å². The van der Waals surface area contributed by atoms with Crippen molar-refractivity contribution in [3.8, 4) is 0 Å². The van der Waals surface area contributed by atoms with E-state index in [0.29, 0.717) is 19.0 Å². The fraction of sp³-hybridized carbons (Fsp3) is 0.889. The van der Waals surface area contributed by atoms with E-state index >= 15 is 0 Å². The Morgan fingerprint density at radius 3 is 2.78 bits per heavy atom. The summed E-state index contributed by atoms with van der Waals surface area (Å²) in [6.07, 6.45) is 2.43. The molecule has 2 aliphatic rings. The molecule has 0 aromatic rings. The van der Waals surface area contributed by atoms with E-state index in [1.54, 1.807) is 16.7 Å². The number of carbonyl (C=O) groups is 1. The van der Waals surface area contributed by atoms with Crippen LogP contribution in [0.2, 0.25) is 0 Å². The van der Waals surface area contributed by atoms with Crippen LogP contribution in [0.3, 0.4) is 0 Å². The fourth-order valence-electron chi connectivity index (χ4n) is 3.05. The Kier molecular flexibility index (Phi) is 9.98. The van der Waals surface area contributed by atoms with Gasteiger partial charge in [-0.05, 0) is 52.7 Å². The third kappa shape index (κ3) is 8.64. The minimum absolute atomic E-state index is 0. The van der Waals surface area contributed by atoms with Crippen LogP contribution < -0.4 is 10.6 Å².